The van der Waals surface area contributed by atoms with Gasteiger partial charge in [-0.25, -0.2) is 9.97 Å². The Hall–Kier alpha value is -2.27. The van der Waals surface area contributed by atoms with Crippen LogP contribution in [0, 0.1) is 0 Å². The Bertz CT molecular complexity index is 1010. The van der Waals surface area contributed by atoms with Gasteiger partial charge in [0.2, 0.25) is 0 Å². The largest absolute Gasteiger partial charge is 0.233 e. The zero-order valence-corrected chi connectivity index (χ0v) is 15.0. The second-order valence-electron chi connectivity index (χ2n) is 5.83. The molecule has 0 radical (unpaired) electrons. The van der Waals surface area contributed by atoms with Gasteiger partial charge in [-0.05, 0) is 24.6 Å². The number of rotatable bonds is 4. The second kappa shape index (κ2) is 6.32. The molecular formula is C19H17BrN4. The van der Waals surface area contributed by atoms with Crippen LogP contribution in [-0.4, -0.2) is 19.6 Å². The number of aryl methyl sites for hydroxylation is 1. The predicted octanol–water partition coefficient (Wildman–Crippen LogP) is 5.05. The number of aromatic nitrogens is 4. The molecule has 0 aliphatic carbocycles. The van der Waals surface area contributed by atoms with E-state index >= 15 is 0 Å². The summed E-state index contributed by atoms with van der Waals surface area (Å²) in [6.45, 7) is 2.19. The fourth-order valence-electron chi connectivity index (χ4n) is 2.84. The molecule has 0 spiro atoms. The number of hydrogen-bond donors (Lipinski definition) is 0. The molecule has 0 fully saturated rings. The van der Waals surface area contributed by atoms with Gasteiger partial charge in [-0.2, -0.15) is 4.52 Å². The third-order valence-electron chi connectivity index (χ3n) is 4.09. The van der Waals surface area contributed by atoms with Crippen LogP contribution in [0.1, 0.15) is 25.6 Å². The standard InChI is InChI=1S/C19H17BrN4/c1-2-3-9-17-21-16-11-10-14(20)12-15(16)19-22-18(23-24(17)19)13-7-5-4-6-8-13/h4-8,10-12H,2-3,9H2,1H3. The Labute approximate surface area is 148 Å². The number of nitrogens with zero attached hydrogens (tertiary/aromatic N) is 4. The SMILES string of the molecule is CCCCc1nc2ccc(Br)cc2c2nc(-c3ccccc3)nn12. The minimum absolute atomic E-state index is 0.739. The molecule has 0 saturated carbocycles. The van der Waals surface area contributed by atoms with Gasteiger partial charge >= 0.3 is 0 Å². The van der Waals surface area contributed by atoms with E-state index in [0.717, 1.165) is 57.5 Å². The normalized spacial score (nSPS) is 11.4. The first kappa shape index (κ1) is 15.3. The summed E-state index contributed by atoms with van der Waals surface area (Å²) in [5, 5.41) is 5.76. The van der Waals surface area contributed by atoms with E-state index in [1.165, 1.54) is 0 Å². The van der Waals surface area contributed by atoms with Crippen LogP contribution < -0.4 is 0 Å². The van der Waals surface area contributed by atoms with Crippen molar-refractivity contribution in [3.8, 4) is 11.4 Å². The monoisotopic (exact) mass is 380 g/mol. The molecular weight excluding hydrogens is 364 g/mol. The van der Waals surface area contributed by atoms with Gasteiger partial charge in [-0.1, -0.05) is 59.6 Å². The molecule has 0 saturated heterocycles. The summed E-state index contributed by atoms with van der Waals surface area (Å²) in [7, 11) is 0. The highest BCUT2D eigenvalue weighted by molar-refractivity contribution is 9.10. The highest BCUT2D eigenvalue weighted by Crippen LogP contribution is 2.25. The molecule has 0 aliphatic rings. The van der Waals surface area contributed by atoms with Crippen molar-refractivity contribution in [2.75, 3.05) is 0 Å². The van der Waals surface area contributed by atoms with Crippen LogP contribution in [0.25, 0.3) is 27.9 Å². The summed E-state index contributed by atoms with van der Waals surface area (Å²) in [4.78, 5) is 9.64. The maximum absolute atomic E-state index is 4.83. The van der Waals surface area contributed by atoms with Gasteiger partial charge < -0.3 is 0 Å². The van der Waals surface area contributed by atoms with Crippen LogP contribution in [0.3, 0.4) is 0 Å². The summed E-state index contributed by atoms with van der Waals surface area (Å²) >= 11 is 3.55. The van der Waals surface area contributed by atoms with Crippen LogP contribution in [0.5, 0.6) is 0 Å². The fourth-order valence-corrected chi connectivity index (χ4v) is 3.20. The van der Waals surface area contributed by atoms with Gasteiger partial charge in [0.1, 0.15) is 5.82 Å². The van der Waals surface area contributed by atoms with E-state index in [-0.39, 0.29) is 0 Å². The molecule has 4 aromatic rings. The summed E-state index contributed by atoms with van der Waals surface area (Å²) in [6, 6.07) is 16.2. The predicted molar refractivity (Wildman–Crippen MR) is 100 cm³/mol. The topological polar surface area (TPSA) is 43.1 Å². The van der Waals surface area contributed by atoms with Crippen LogP contribution in [0.4, 0.5) is 0 Å². The van der Waals surface area contributed by atoms with Gasteiger partial charge in [0, 0.05) is 21.8 Å². The summed E-state index contributed by atoms with van der Waals surface area (Å²) in [6.07, 6.45) is 3.11. The van der Waals surface area contributed by atoms with Crippen LogP contribution in [0.15, 0.2) is 53.0 Å². The zero-order valence-electron chi connectivity index (χ0n) is 13.4. The molecule has 2 aromatic carbocycles. The molecule has 0 amide bonds. The van der Waals surface area contributed by atoms with Gasteiger partial charge in [0.05, 0.1) is 5.52 Å². The molecule has 5 heteroatoms. The maximum Gasteiger partial charge on any atom is 0.182 e. The average molecular weight is 381 g/mol. The van der Waals surface area contributed by atoms with Gasteiger partial charge in [0.25, 0.3) is 0 Å². The Morgan fingerprint density at radius 1 is 1.04 bits per heavy atom. The molecule has 2 heterocycles. The van der Waals surface area contributed by atoms with Crippen molar-refractivity contribution in [2.45, 2.75) is 26.2 Å². The van der Waals surface area contributed by atoms with E-state index in [0.29, 0.717) is 0 Å². The highest BCUT2D eigenvalue weighted by atomic mass is 79.9. The lowest BCUT2D eigenvalue weighted by atomic mass is 10.2. The Morgan fingerprint density at radius 2 is 1.88 bits per heavy atom. The maximum atomic E-state index is 4.83. The van der Waals surface area contributed by atoms with E-state index in [9.17, 15) is 0 Å². The lowest BCUT2D eigenvalue weighted by Crippen LogP contribution is -2.03. The number of benzene rings is 2. The van der Waals surface area contributed by atoms with E-state index < -0.39 is 0 Å². The molecule has 4 nitrogen and oxygen atoms in total. The van der Waals surface area contributed by atoms with Crippen molar-refractivity contribution in [2.24, 2.45) is 0 Å². The summed E-state index contributed by atoms with van der Waals surface area (Å²) in [5.41, 5.74) is 2.85. The lowest BCUT2D eigenvalue weighted by Gasteiger charge is -2.06. The third-order valence-corrected chi connectivity index (χ3v) is 4.58. The molecule has 0 unspecified atom stereocenters. The van der Waals surface area contributed by atoms with E-state index in [1.807, 2.05) is 47.0 Å². The minimum atomic E-state index is 0.739. The van der Waals surface area contributed by atoms with Gasteiger partial charge in [0.15, 0.2) is 11.5 Å². The van der Waals surface area contributed by atoms with Gasteiger partial charge in [-0.15, -0.1) is 5.10 Å². The van der Waals surface area contributed by atoms with Crippen molar-refractivity contribution < 1.29 is 0 Å². The summed E-state index contributed by atoms with van der Waals surface area (Å²) < 4.78 is 2.93. The molecule has 4 rings (SSSR count). The molecule has 0 atom stereocenters. The molecule has 120 valence electrons. The number of unbranched alkanes of at least 4 members (excludes halogenated alkanes) is 1. The van der Waals surface area contributed by atoms with Gasteiger partial charge in [-0.3, -0.25) is 0 Å². The van der Waals surface area contributed by atoms with Crippen molar-refractivity contribution in [1.82, 2.24) is 19.6 Å². The van der Waals surface area contributed by atoms with E-state index in [2.05, 4.69) is 28.9 Å². The molecule has 0 aliphatic heterocycles. The van der Waals surface area contributed by atoms with Crippen molar-refractivity contribution in [3.05, 3.63) is 58.8 Å². The smallest absolute Gasteiger partial charge is 0.182 e. The van der Waals surface area contributed by atoms with Crippen LogP contribution in [0.2, 0.25) is 0 Å². The number of fused-ring (bicyclic) bond motifs is 3. The van der Waals surface area contributed by atoms with Crippen molar-refractivity contribution in [1.29, 1.82) is 0 Å². The molecule has 0 N–H and O–H groups in total. The highest BCUT2D eigenvalue weighted by Gasteiger charge is 2.14. The van der Waals surface area contributed by atoms with Crippen molar-refractivity contribution in [3.63, 3.8) is 0 Å². The van der Waals surface area contributed by atoms with Crippen LogP contribution in [-0.2, 0) is 6.42 Å². The fraction of sp³-hybridized carbons (Fsp3) is 0.211. The number of halogens is 1. The first-order valence-electron chi connectivity index (χ1n) is 8.16. The summed E-state index contributed by atoms with van der Waals surface area (Å²) in [5.74, 6) is 1.71. The quantitative estimate of drug-likeness (QED) is 0.497. The van der Waals surface area contributed by atoms with E-state index in [1.54, 1.807) is 0 Å². The Morgan fingerprint density at radius 3 is 2.67 bits per heavy atom. The molecule has 24 heavy (non-hydrogen) atoms. The minimum Gasteiger partial charge on any atom is -0.233 e. The average Bonchev–Trinajstić information content (AvgIpc) is 3.06. The lowest BCUT2D eigenvalue weighted by molar-refractivity contribution is 0.720. The third kappa shape index (κ3) is 2.69. The first-order valence-corrected chi connectivity index (χ1v) is 8.96. The second-order valence-corrected chi connectivity index (χ2v) is 6.75. The Kier molecular flexibility index (Phi) is 4.02. The Balaban J connectivity index is 2.00. The van der Waals surface area contributed by atoms with E-state index in [4.69, 9.17) is 15.1 Å². The van der Waals surface area contributed by atoms with Crippen LogP contribution >= 0.6 is 15.9 Å². The molecule has 2 aromatic heterocycles. The molecule has 0 bridgehead atoms. The zero-order chi connectivity index (χ0) is 16.5. The first-order chi connectivity index (χ1) is 11.8. The number of hydrogen-bond acceptors (Lipinski definition) is 3. The van der Waals surface area contributed by atoms with Crippen molar-refractivity contribution >= 4 is 32.5 Å².